The van der Waals surface area contributed by atoms with Gasteiger partial charge in [0.1, 0.15) is 12.4 Å². The van der Waals surface area contributed by atoms with Crippen molar-refractivity contribution in [2.75, 3.05) is 20.3 Å². The van der Waals surface area contributed by atoms with Crippen molar-refractivity contribution in [3.63, 3.8) is 0 Å². The molecule has 0 saturated heterocycles. The molecular formula is C30H30I2N2O6S. The van der Waals surface area contributed by atoms with Crippen LogP contribution in [-0.4, -0.2) is 37.0 Å². The van der Waals surface area contributed by atoms with Gasteiger partial charge in [0.15, 0.2) is 16.3 Å². The lowest BCUT2D eigenvalue weighted by molar-refractivity contribution is -0.139. The Kier molecular flexibility index (Phi) is 10.3. The summed E-state index contributed by atoms with van der Waals surface area (Å²) in [7, 11) is 1.56. The van der Waals surface area contributed by atoms with E-state index in [0.717, 1.165) is 12.7 Å². The number of halogens is 2. The zero-order chi connectivity index (χ0) is 29.8. The molecule has 0 saturated carbocycles. The minimum atomic E-state index is -0.776. The highest BCUT2D eigenvalue weighted by Gasteiger charge is 2.34. The van der Waals surface area contributed by atoms with Crippen molar-refractivity contribution < 1.29 is 23.7 Å². The van der Waals surface area contributed by atoms with Crippen molar-refractivity contribution in [3.05, 3.63) is 92.2 Å². The maximum Gasteiger partial charge on any atom is 0.338 e. The molecule has 0 amide bonds. The molecule has 41 heavy (non-hydrogen) atoms. The molecule has 0 N–H and O–H groups in total. The molecule has 0 fully saturated rings. The molecule has 0 bridgehead atoms. The number of fused-ring (bicyclic) bond motifs is 1. The molecule has 0 unspecified atom stereocenters. The third kappa shape index (κ3) is 6.72. The van der Waals surface area contributed by atoms with E-state index >= 15 is 0 Å². The van der Waals surface area contributed by atoms with Crippen LogP contribution >= 0.6 is 56.5 Å². The number of hydrogen-bond donors (Lipinski definition) is 0. The van der Waals surface area contributed by atoms with Gasteiger partial charge >= 0.3 is 5.97 Å². The quantitative estimate of drug-likeness (QED) is 0.156. The minimum absolute atomic E-state index is 0.0610. The standard InChI is InChI=1S/C30H30I2N2O6S/c1-7-11-39-27-19(12-20(31)15-21(27)32)14-24-28(35)34-26(18-9-10-22(40-16(3)4)23(13-18)37-6)25(29(36)38-8-2)17(5)33-30(34)41-24/h7,9-10,12-16,26H,1,8,11H2,2-6H3/b24-14+/t26-/m1/s1. The predicted octanol–water partition coefficient (Wildman–Crippen LogP) is 5.37. The summed E-state index contributed by atoms with van der Waals surface area (Å²) in [5.41, 5.74) is 1.94. The summed E-state index contributed by atoms with van der Waals surface area (Å²) in [5, 5.41) is 0. The van der Waals surface area contributed by atoms with Crippen LogP contribution in [-0.2, 0) is 9.53 Å². The van der Waals surface area contributed by atoms with Crippen LogP contribution in [0.25, 0.3) is 6.08 Å². The lowest BCUT2D eigenvalue weighted by atomic mass is 9.95. The summed E-state index contributed by atoms with van der Waals surface area (Å²) in [5.74, 6) is 1.20. The number of benzene rings is 2. The number of carbonyl (C=O) groups excluding carboxylic acids is 1. The maximum atomic E-state index is 14.1. The van der Waals surface area contributed by atoms with Gasteiger partial charge < -0.3 is 18.9 Å². The minimum Gasteiger partial charge on any atom is -0.493 e. The first-order valence-electron chi connectivity index (χ1n) is 12.9. The molecule has 216 valence electrons. The Morgan fingerprint density at radius 1 is 1.22 bits per heavy atom. The summed E-state index contributed by atoms with van der Waals surface area (Å²) in [4.78, 5) is 32.5. The Morgan fingerprint density at radius 3 is 2.63 bits per heavy atom. The Hall–Kier alpha value is -2.65. The monoisotopic (exact) mass is 800 g/mol. The fourth-order valence-electron chi connectivity index (χ4n) is 4.44. The van der Waals surface area contributed by atoms with E-state index in [-0.39, 0.29) is 18.3 Å². The zero-order valence-corrected chi connectivity index (χ0v) is 28.5. The van der Waals surface area contributed by atoms with Gasteiger partial charge in [0, 0.05) is 9.13 Å². The molecule has 1 atom stereocenters. The lowest BCUT2D eigenvalue weighted by Gasteiger charge is -2.25. The first-order chi connectivity index (χ1) is 19.6. The molecule has 2 heterocycles. The highest BCUT2D eigenvalue weighted by molar-refractivity contribution is 14.1. The lowest BCUT2D eigenvalue weighted by Crippen LogP contribution is -2.40. The SMILES string of the molecule is C=CCOc1c(I)cc(I)cc1/C=c1/sc2n(c1=O)[C@H](c1ccc(OC(C)C)c(OC)c1)C(C(=O)OCC)=C(C)N=2. The number of methoxy groups -OCH3 is 1. The zero-order valence-electron chi connectivity index (χ0n) is 23.3. The molecule has 0 aliphatic carbocycles. The number of thiazole rings is 1. The number of nitrogens with zero attached hydrogens (tertiary/aromatic N) is 2. The molecule has 1 aliphatic rings. The second-order valence-corrected chi connectivity index (χ2v) is 12.7. The van der Waals surface area contributed by atoms with Crippen molar-refractivity contribution in [3.8, 4) is 17.2 Å². The van der Waals surface area contributed by atoms with Crippen LogP contribution in [0, 0.1) is 7.14 Å². The van der Waals surface area contributed by atoms with Crippen molar-refractivity contribution >= 4 is 68.6 Å². The van der Waals surface area contributed by atoms with Gasteiger partial charge in [-0.1, -0.05) is 30.1 Å². The number of allylic oxidation sites excluding steroid dienone is 1. The summed E-state index contributed by atoms with van der Waals surface area (Å²) in [6.45, 7) is 11.6. The van der Waals surface area contributed by atoms with Crippen molar-refractivity contribution in [2.45, 2.75) is 39.8 Å². The van der Waals surface area contributed by atoms with E-state index in [4.69, 9.17) is 18.9 Å². The molecule has 11 heteroatoms. The van der Waals surface area contributed by atoms with Crippen LogP contribution in [0.2, 0.25) is 0 Å². The first kappa shape index (κ1) is 31.3. The van der Waals surface area contributed by atoms with E-state index in [1.807, 2.05) is 38.1 Å². The fourth-order valence-corrected chi connectivity index (χ4v) is 7.52. The first-order valence-corrected chi connectivity index (χ1v) is 15.8. The number of carbonyl (C=O) groups is 1. The van der Waals surface area contributed by atoms with Crippen LogP contribution in [0.3, 0.4) is 0 Å². The highest BCUT2D eigenvalue weighted by atomic mass is 127. The van der Waals surface area contributed by atoms with Gasteiger partial charge in [0.25, 0.3) is 5.56 Å². The van der Waals surface area contributed by atoms with Crippen LogP contribution in [0.1, 0.15) is 44.9 Å². The second-order valence-electron chi connectivity index (χ2n) is 9.28. The van der Waals surface area contributed by atoms with Crippen molar-refractivity contribution in [1.82, 2.24) is 4.57 Å². The van der Waals surface area contributed by atoms with Gasteiger partial charge in [0.2, 0.25) is 0 Å². The number of hydrogen-bond acceptors (Lipinski definition) is 8. The van der Waals surface area contributed by atoms with E-state index in [1.54, 1.807) is 43.7 Å². The Morgan fingerprint density at radius 2 is 1.98 bits per heavy atom. The van der Waals surface area contributed by atoms with E-state index in [9.17, 15) is 9.59 Å². The summed E-state index contributed by atoms with van der Waals surface area (Å²) >= 11 is 5.72. The molecule has 8 nitrogen and oxygen atoms in total. The average molecular weight is 800 g/mol. The second kappa shape index (κ2) is 13.6. The van der Waals surface area contributed by atoms with Crippen molar-refractivity contribution in [2.24, 2.45) is 4.99 Å². The summed E-state index contributed by atoms with van der Waals surface area (Å²) < 4.78 is 26.8. The summed E-state index contributed by atoms with van der Waals surface area (Å²) in [6.07, 6.45) is 3.43. The van der Waals surface area contributed by atoms with Gasteiger partial charge in [-0.05, 0) is 109 Å². The third-order valence-corrected chi connectivity index (χ3v) is 8.46. The van der Waals surface area contributed by atoms with Crippen LogP contribution in [0.4, 0.5) is 0 Å². The molecule has 3 aromatic rings. The number of aromatic nitrogens is 1. The van der Waals surface area contributed by atoms with Crippen LogP contribution in [0.15, 0.2) is 64.0 Å². The van der Waals surface area contributed by atoms with Gasteiger partial charge in [-0.15, -0.1) is 0 Å². The van der Waals surface area contributed by atoms with E-state index in [2.05, 4.69) is 56.8 Å². The van der Waals surface area contributed by atoms with Gasteiger partial charge in [0.05, 0.1) is 45.2 Å². The molecule has 4 rings (SSSR count). The highest BCUT2D eigenvalue weighted by Crippen LogP contribution is 2.36. The van der Waals surface area contributed by atoms with Crippen LogP contribution in [0.5, 0.6) is 17.2 Å². The number of esters is 1. The number of rotatable bonds is 10. The smallest absolute Gasteiger partial charge is 0.338 e. The maximum absolute atomic E-state index is 14.1. The third-order valence-electron chi connectivity index (χ3n) is 6.05. The largest absolute Gasteiger partial charge is 0.493 e. The average Bonchev–Trinajstić information content (AvgIpc) is 3.21. The normalized spacial score (nSPS) is 14.9. The molecule has 1 aromatic heterocycles. The van der Waals surface area contributed by atoms with Gasteiger partial charge in [-0.25, -0.2) is 9.79 Å². The van der Waals surface area contributed by atoms with E-state index in [0.29, 0.717) is 50.0 Å². The molecular weight excluding hydrogens is 770 g/mol. The Labute approximate surface area is 269 Å². The van der Waals surface area contributed by atoms with E-state index in [1.165, 1.54) is 11.3 Å². The van der Waals surface area contributed by atoms with Gasteiger partial charge in [-0.2, -0.15) is 0 Å². The van der Waals surface area contributed by atoms with Crippen LogP contribution < -0.4 is 29.1 Å². The molecule has 2 aromatic carbocycles. The Balaban J connectivity index is 1.97. The predicted molar refractivity (Wildman–Crippen MR) is 177 cm³/mol. The summed E-state index contributed by atoms with van der Waals surface area (Å²) in [6, 6.07) is 8.61. The number of ether oxygens (including phenoxy) is 4. The fraction of sp³-hybridized carbons (Fsp3) is 0.300. The molecule has 0 spiro atoms. The van der Waals surface area contributed by atoms with Gasteiger partial charge in [-0.3, -0.25) is 9.36 Å². The van der Waals surface area contributed by atoms with Crippen molar-refractivity contribution in [1.29, 1.82) is 0 Å². The topological polar surface area (TPSA) is 88.3 Å². The van der Waals surface area contributed by atoms with E-state index < -0.39 is 12.0 Å². The molecule has 1 aliphatic heterocycles. The molecule has 0 radical (unpaired) electrons. The Bertz CT molecular complexity index is 1710.